The fourth-order valence-electron chi connectivity index (χ4n) is 5.20. The number of benzene rings is 4. The first-order valence-electron chi connectivity index (χ1n) is 10.3. The van der Waals surface area contributed by atoms with Gasteiger partial charge in [0.25, 0.3) is 0 Å². The summed E-state index contributed by atoms with van der Waals surface area (Å²) in [4.78, 5) is 0. The van der Waals surface area contributed by atoms with Crippen molar-refractivity contribution in [1.29, 1.82) is 0 Å². The van der Waals surface area contributed by atoms with E-state index >= 15 is 0 Å². The number of nitrogens with zero attached hydrogens (tertiary/aromatic N) is 1. The van der Waals surface area contributed by atoms with Gasteiger partial charge in [-0.05, 0) is 59.5 Å². The summed E-state index contributed by atoms with van der Waals surface area (Å²) in [6, 6.07) is 31.4. The zero-order valence-electron chi connectivity index (χ0n) is 17.0. The number of para-hydroxylation sites is 1. The van der Waals surface area contributed by atoms with Gasteiger partial charge in [0.05, 0.1) is 11.0 Å². The molecular weight excluding hydrogens is 350 g/mol. The van der Waals surface area contributed by atoms with E-state index in [0.717, 1.165) is 0 Å². The van der Waals surface area contributed by atoms with Crippen LogP contribution in [0.5, 0.6) is 0 Å². The molecule has 6 rings (SSSR count). The van der Waals surface area contributed by atoms with Crippen molar-refractivity contribution in [2.75, 3.05) is 0 Å². The summed E-state index contributed by atoms with van der Waals surface area (Å²) in [5.74, 6) is 0. The van der Waals surface area contributed by atoms with Crippen molar-refractivity contribution in [3.63, 3.8) is 0 Å². The van der Waals surface area contributed by atoms with Crippen LogP contribution in [-0.4, -0.2) is 4.57 Å². The monoisotopic (exact) mass is 373 g/mol. The van der Waals surface area contributed by atoms with Crippen molar-refractivity contribution >= 4 is 21.8 Å². The molecule has 1 aliphatic rings. The van der Waals surface area contributed by atoms with Gasteiger partial charge in [-0.3, -0.25) is 0 Å². The van der Waals surface area contributed by atoms with Crippen LogP contribution in [0.2, 0.25) is 0 Å². The Morgan fingerprint density at radius 2 is 1.34 bits per heavy atom. The lowest BCUT2D eigenvalue weighted by Crippen LogP contribution is -2.15. The van der Waals surface area contributed by atoms with E-state index < -0.39 is 0 Å². The minimum absolute atomic E-state index is 0.0112. The number of hydrogen-bond acceptors (Lipinski definition) is 0. The predicted molar refractivity (Wildman–Crippen MR) is 123 cm³/mol. The van der Waals surface area contributed by atoms with Gasteiger partial charge in [0.1, 0.15) is 0 Å². The number of hydrogen-bond donors (Lipinski definition) is 0. The van der Waals surface area contributed by atoms with Crippen molar-refractivity contribution in [3.05, 3.63) is 102 Å². The molecule has 0 unspecified atom stereocenters. The van der Waals surface area contributed by atoms with E-state index in [1.54, 1.807) is 0 Å². The SMILES string of the molecule is Cc1ccc2c(c1)c1ccccc1n2-c1ccc2c(c1)C(C)(C)c1ccccc1-2. The molecule has 0 aliphatic heterocycles. The molecule has 1 heterocycles. The van der Waals surface area contributed by atoms with Crippen LogP contribution in [0.25, 0.3) is 38.6 Å². The Morgan fingerprint density at radius 1 is 0.621 bits per heavy atom. The Bertz CT molecular complexity index is 1430. The van der Waals surface area contributed by atoms with Gasteiger partial charge in [0, 0.05) is 21.9 Å². The van der Waals surface area contributed by atoms with E-state index in [1.807, 2.05) is 0 Å². The van der Waals surface area contributed by atoms with Gasteiger partial charge in [-0.25, -0.2) is 0 Å². The van der Waals surface area contributed by atoms with Gasteiger partial charge >= 0.3 is 0 Å². The van der Waals surface area contributed by atoms with Gasteiger partial charge in [-0.1, -0.05) is 74.0 Å². The molecule has 0 radical (unpaired) electrons. The van der Waals surface area contributed by atoms with Crippen LogP contribution in [0.3, 0.4) is 0 Å². The summed E-state index contributed by atoms with van der Waals surface area (Å²) < 4.78 is 2.42. The molecule has 0 N–H and O–H groups in total. The van der Waals surface area contributed by atoms with E-state index in [-0.39, 0.29) is 5.41 Å². The first kappa shape index (κ1) is 16.6. The average molecular weight is 373 g/mol. The summed E-state index contributed by atoms with van der Waals surface area (Å²) in [5, 5.41) is 2.64. The molecule has 0 amide bonds. The summed E-state index contributed by atoms with van der Waals surface area (Å²) >= 11 is 0. The van der Waals surface area contributed by atoms with Crippen molar-refractivity contribution in [1.82, 2.24) is 4.57 Å². The number of rotatable bonds is 1. The standard InChI is InChI=1S/C28H23N/c1-18-12-15-27-23(16-18)22-9-5-7-11-26(22)29(27)19-13-14-21-20-8-4-6-10-24(20)28(2,3)25(21)17-19/h4-17H,1-3H3. The molecule has 0 bridgehead atoms. The van der Waals surface area contributed by atoms with Crippen LogP contribution in [0.4, 0.5) is 0 Å². The van der Waals surface area contributed by atoms with Crippen molar-refractivity contribution in [2.45, 2.75) is 26.2 Å². The maximum Gasteiger partial charge on any atom is 0.0541 e. The Kier molecular flexibility index (Phi) is 3.21. The maximum absolute atomic E-state index is 2.42. The molecule has 29 heavy (non-hydrogen) atoms. The third kappa shape index (κ3) is 2.16. The number of aromatic nitrogens is 1. The molecule has 1 nitrogen and oxygen atoms in total. The van der Waals surface area contributed by atoms with Crippen LogP contribution in [0.1, 0.15) is 30.5 Å². The highest BCUT2D eigenvalue weighted by Crippen LogP contribution is 2.49. The van der Waals surface area contributed by atoms with Crippen molar-refractivity contribution < 1.29 is 0 Å². The van der Waals surface area contributed by atoms with Gasteiger partial charge < -0.3 is 4.57 Å². The van der Waals surface area contributed by atoms with Crippen LogP contribution >= 0.6 is 0 Å². The van der Waals surface area contributed by atoms with E-state index in [0.29, 0.717) is 0 Å². The van der Waals surface area contributed by atoms with Crippen LogP contribution in [0.15, 0.2) is 84.9 Å². The van der Waals surface area contributed by atoms with Crippen LogP contribution in [-0.2, 0) is 5.41 Å². The van der Waals surface area contributed by atoms with Crippen molar-refractivity contribution in [3.8, 4) is 16.8 Å². The minimum Gasteiger partial charge on any atom is -0.309 e. The quantitative estimate of drug-likeness (QED) is 0.288. The summed E-state index contributed by atoms with van der Waals surface area (Å²) in [6.45, 7) is 6.86. The first-order valence-corrected chi connectivity index (χ1v) is 10.3. The second kappa shape index (κ2) is 5.61. The Hall–Kier alpha value is -3.32. The Balaban J connectivity index is 1.67. The molecule has 0 saturated carbocycles. The molecule has 1 aromatic heterocycles. The van der Waals surface area contributed by atoms with E-state index in [2.05, 4.69) is 110 Å². The summed E-state index contributed by atoms with van der Waals surface area (Å²) in [5.41, 5.74) is 10.6. The second-order valence-electron chi connectivity index (χ2n) is 8.77. The molecule has 0 atom stereocenters. The highest BCUT2D eigenvalue weighted by molar-refractivity contribution is 6.09. The zero-order valence-corrected chi connectivity index (χ0v) is 17.0. The van der Waals surface area contributed by atoms with E-state index in [9.17, 15) is 0 Å². The van der Waals surface area contributed by atoms with Gasteiger partial charge in [-0.2, -0.15) is 0 Å². The van der Waals surface area contributed by atoms with Crippen LogP contribution in [0, 0.1) is 6.92 Å². The lowest BCUT2D eigenvalue weighted by atomic mass is 9.82. The molecule has 0 fully saturated rings. The fourth-order valence-corrected chi connectivity index (χ4v) is 5.20. The molecule has 5 aromatic rings. The largest absolute Gasteiger partial charge is 0.309 e. The van der Waals surface area contributed by atoms with Gasteiger partial charge in [0.2, 0.25) is 0 Å². The molecule has 4 aromatic carbocycles. The lowest BCUT2D eigenvalue weighted by molar-refractivity contribution is 0.660. The predicted octanol–water partition coefficient (Wildman–Crippen LogP) is 7.40. The third-order valence-electron chi connectivity index (χ3n) is 6.65. The highest BCUT2D eigenvalue weighted by Gasteiger charge is 2.35. The Labute approximate surface area is 171 Å². The minimum atomic E-state index is 0.0112. The first-order chi connectivity index (χ1) is 14.1. The molecule has 140 valence electrons. The summed E-state index contributed by atoms with van der Waals surface area (Å²) in [7, 11) is 0. The molecule has 1 aliphatic carbocycles. The van der Waals surface area contributed by atoms with Gasteiger partial charge in [0.15, 0.2) is 0 Å². The topological polar surface area (TPSA) is 4.93 Å². The third-order valence-corrected chi connectivity index (χ3v) is 6.65. The van der Waals surface area contributed by atoms with Gasteiger partial charge in [-0.15, -0.1) is 0 Å². The molecule has 1 heteroatoms. The zero-order chi connectivity index (χ0) is 19.8. The van der Waals surface area contributed by atoms with Crippen LogP contribution < -0.4 is 0 Å². The molecular formula is C28H23N. The normalized spacial score (nSPS) is 14.3. The number of aryl methyl sites for hydroxylation is 1. The van der Waals surface area contributed by atoms with E-state index in [4.69, 9.17) is 0 Å². The van der Waals surface area contributed by atoms with E-state index in [1.165, 1.54) is 55.3 Å². The molecule has 0 spiro atoms. The van der Waals surface area contributed by atoms with Crippen molar-refractivity contribution in [2.24, 2.45) is 0 Å². The smallest absolute Gasteiger partial charge is 0.0541 e. The lowest BCUT2D eigenvalue weighted by Gasteiger charge is -2.22. The Morgan fingerprint density at radius 3 is 2.24 bits per heavy atom. The number of fused-ring (bicyclic) bond motifs is 6. The maximum atomic E-state index is 2.42. The fraction of sp³-hybridized carbons (Fsp3) is 0.143. The average Bonchev–Trinajstić information content (AvgIpc) is 3.18. The second-order valence-corrected chi connectivity index (χ2v) is 8.77. The highest BCUT2D eigenvalue weighted by atomic mass is 15.0. The molecule has 0 saturated heterocycles. The summed E-state index contributed by atoms with van der Waals surface area (Å²) in [6.07, 6.45) is 0.